The van der Waals surface area contributed by atoms with E-state index in [4.69, 9.17) is 22.9 Å². The number of amides is 4. The quantitative estimate of drug-likeness (QED) is 0.0654. The number of nitrogens with two attached hydrogens (primary N) is 4. The molecule has 13 N–H and O–H groups in total. The number of primary amides is 1. The topological polar surface area (TPSA) is 287 Å². The molecule has 1 aromatic heterocycles. The van der Waals surface area contributed by atoms with Crippen molar-refractivity contribution in [1.29, 1.82) is 0 Å². The second-order valence-corrected chi connectivity index (χ2v) is 7.19. The molecule has 34 heavy (non-hydrogen) atoms. The second-order valence-electron chi connectivity index (χ2n) is 7.19. The van der Waals surface area contributed by atoms with E-state index in [-0.39, 0.29) is 38.3 Å². The molecular weight excluding hydrogens is 452 g/mol. The maximum absolute atomic E-state index is 12.9. The van der Waals surface area contributed by atoms with Crippen LogP contribution in [-0.2, 0) is 30.4 Å². The van der Waals surface area contributed by atoms with Gasteiger partial charge in [0.15, 0.2) is 5.96 Å². The maximum atomic E-state index is 12.9. The van der Waals surface area contributed by atoms with Crippen LogP contribution in [0.4, 0.5) is 0 Å². The van der Waals surface area contributed by atoms with E-state index in [0.717, 1.165) is 0 Å². The third-order valence-electron chi connectivity index (χ3n) is 4.41. The standard InChI is InChI=1S/C18H30N10O6/c19-6-14(30)26-11(4-9-7-23-8-25-9)16(32)27-10(2-1-3-24-18(21)22)15(31)28-12(17(33)34)5-13(20)29/h7-8,10-12H,1-6,19H2,(H2,20,29)(H,23,25)(H,26,30)(H,27,32)(H,28,31)(H,33,34)(H4,21,22,24). The normalized spacial score (nSPS) is 13.1. The first kappa shape index (κ1) is 27.8. The van der Waals surface area contributed by atoms with Crippen LogP contribution in [0.3, 0.4) is 0 Å². The van der Waals surface area contributed by atoms with E-state index in [0.29, 0.717) is 5.69 Å². The number of carboxylic acid groups (broad SMARTS) is 1. The van der Waals surface area contributed by atoms with Crippen molar-refractivity contribution in [3.8, 4) is 0 Å². The van der Waals surface area contributed by atoms with Crippen LogP contribution in [0.15, 0.2) is 17.5 Å². The highest BCUT2D eigenvalue weighted by Gasteiger charge is 2.30. The molecule has 0 aliphatic carbocycles. The summed E-state index contributed by atoms with van der Waals surface area (Å²) in [4.78, 5) is 70.4. The van der Waals surface area contributed by atoms with Gasteiger partial charge in [0, 0.05) is 24.9 Å². The Morgan fingerprint density at radius 1 is 1.03 bits per heavy atom. The zero-order chi connectivity index (χ0) is 25.7. The van der Waals surface area contributed by atoms with Crippen LogP contribution >= 0.6 is 0 Å². The average molecular weight is 483 g/mol. The fourth-order valence-corrected chi connectivity index (χ4v) is 2.80. The Hall–Kier alpha value is -4.21. The minimum atomic E-state index is -1.60. The van der Waals surface area contributed by atoms with Crippen molar-refractivity contribution in [2.24, 2.45) is 27.9 Å². The molecule has 3 unspecified atom stereocenters. The molecule has 0 aliphatic heterocycles. The number of aromatic nitrogens is 2. The highest BCUT2D eigenvalue weighted by molar-refractivity contribution is 5.94. The molecule has 0 aliphatic rings. The minimum absolute atomic E-state index is 0.0128. The molecule has 16 heteroatoms. The summed E-state index contributed by atoms with van der Waals surface area (Å²) >= 11 is 0. The lowest BCUT2D eigenvalue weighted by molar-refractivity contribution is -0.143. The number of aliphatic imine (C=N–C) groups is 1. The molecule has 0 saturated heterocycles. The summed E-state index contributed by atoms with van der Waals surface area (Å²) in [6.45, 7) is -0.240. The number of nitrogens with zero attached hydrogens (tertiary/aromatic N) is 2. The number of guanidine groups is 1. The molecule has 0 bridgehead atoms. The Balaban J connectivity index is 3.02. The number of carbonyl (C=O) groups is 5. The first-order valence-electron chi connectivity index (χ1n) is 10.2. The molecule has 3 atom stereocenters. The molecule has 4 amide bonds. The molecule has 188 valence electrons. The Labute approximate surface area is 194 Å². The largest absolute Gasteiger partial charge is 0.480 e. The lowest BCUT2D eigenvalue weighted by Crippen LogP contribution is -2.57. The third kappa shape index (κ3) is 10.4. The van der Waals surface area contributed by atoms with Crippen molar-refractivity contribution in [3.63, 3.8) is 0 Å². The van der Waals surface area contributed by atoms with E-state index in [1.807, 2.05) is 0 Å². The number of carbonyl (C=O) groups excluding carboxylic acids is 4. The molecule has 1 heterocycles. The van der Waals surface area contributed by atoms with E-state index < -0.39 is 54.1 Å². The summed E-state index contributed by atoms with van der Waals surface area (Å²) < 4.78 is 0. The number of imidazole rings is 1. The summed E-state index contributed by atoms with van der Waals surface area (Å²) in [6, 6.07) is -3.96. The number of aromatic amines is 1. The lowest BCUT2D eigenvalue weighted by Gasteiger charge is -2.24. The monoisotopic (exact) mass is 482 g/mol. The molecule has 0 aromatic carbocycles. The predicted octanol–water partition coefficient (Wildman–Crippen LogP) is -4.62. The van der Waals surface area contributed by atoms with Crippen molar-refractivity contribution < 1.29 is 29.1 Å². The first-order chi connectivity index (χ1) is 16.0. The van der Waals surface area contributed by atoms with Gasteiger partial charge in [-0.1, -0.05) is 0 Å². The molecule has 1 rings (SSSR count). The Bertz CT molecular complexity index is 884. The van der Waals surface area contributed by atoms with Crippen LogP contribution in [0, 0.1) is 0 Å². The van der Waals surface area contributed by atoms with Crippen LogP contribution < -0.4 is 38.9 Å². The summed E-state index contributed by atoms with van der Waals surface area (Å²) in [6.07, 6.45) is 2.46. The third-order valence-corrected chi connectivity index (χ3v) is 4.41. The SMILES string of the molecule is NCC(=O)NC(Cc1cnc[nH]1)C(=O)NC(CCCN=C(N)N)C(=O)NC(CC(N)=O)C(=O)O. The summed E-state index contributed by atoms with van der Waals surface area (Å²) in [5.74, 6) is -4.81. The zero-order valence-corrected chi connectivity index (χ0v) is 18.3. The maximum Gasteiger partial charge on any atom is 0.326 e. The number of carboxylic acids is 1. The van der Waals surface area contributed by atoms with Gasteiger partial charge in [0.25, 0.3) is 0 Å². The van der Waals surface area contributed by atoms with Crippen LogP contribution in [0.2, 0.25) is 0 Å². The minimum Gasteiger partial charge on any atom is -0.480 e. The highest BCUT2D eigenvalue weighted by atomic mass is 16.4. The van der Waals surface area contributed by atoms with Crippen molar-refractivity contribution >= 4 is 35.6 Å². The predicted molar refractivity (Wildman–Crippen MR) is 118 cm³/mol. The number of nitrogens with one attached hydrogen (secondary N) is 4. The average Bonchev–Trinajstić information content (AvgIpc) is 3.27. The van der Waals surface area contributed by atoms with Crippen molar-refractivity contribution in [3.05, 3.63) is 18.2 Å². The van der Waals surface area contributed by atoms with E-state index in [2.05, 4.69) is 30.9 Å². The van der Waals surface area contributed by atoms with Crippen LogP contribution in [0.1, 0.15) is 25.0 Å². The fourth-order valence-electron chi connectivity index (χ4n) is 2.80. The van der Waals surface area contributed by atoms with Gasteiger partial charge in [-0.25, -0.2) is 9.78 Å². The van der Waals surface area contributed by atoms with Gasteiger partial charge in [-0.15, -0.1) is 0 Å². The number of hydrogen-bond donors (Lipinski definition) is 9. The molecule has 0 saturated carbocycles. The number of rotatable bonds is 15. The highest BCUT2D eigenvalue weighted by Crippen LogP contribution is 2.05. The van der Waals surface area contributed by atoms with E-state index in [9.17, 15) is 29.1 Å². The van der Waals surface area contributed by atoms with Gasteiger partial charge in [0.2, 0.25) is 23.6 Å². The fraction of sp³-hybridized carbons (Fsp3) is 0.500. The smallest absolute Gasteiger partial charge is 0.326 e. The van der Waals surface area contributed by atoms with Gasteiger partial charge in [0.05, 0.1) is 19.3 Å². The first-order valence-corrected chi connectivity index (χ1v) is 10.2. The van der Waals surface area contributed by atoms with Crippen LogP contribution in [-0.4, -0.2) is 81.8 Å². The van der Waals surface area contributed by atoms with Crippen LogP contribution in [0.25, 0.3) is 0 Å². The number of aliphatic carboxylic acids is 1. The Kier molecular flexibility index (Phi) is 11.5. The van der Waals surface area contributed by atoms with Gasteiger partial charge in [-0.05, 0) is 12.8 Å². The molecule has 1 aromatic rings. The van der Waals surface area contributed by atoms with Gasteiger partial charge < -0.3 is 49.0 Å². The Morgan fingerprint density at radius 2 is 1.68 bits per heavy atom. The number of H-pyrrole nitrogens is 1. The van der Waals surface area contributed by atoms with E-state index in [1.54, 1.807) is 0 Å². The van der Waals surface area contributed by atoms with Crippen molar-refractivity contribution in [1.82, 2.24) is 25.9 Å². The summed E-state index contributed by atoms with van der Waals surface area (Å²) in [5.41, 5.74) is 21.4. The van der Waals surface area contributed by atoms with Crippen molar-refractivity contribution in [2.75, 3.05) is 13.1 Å². The van der Waals surface area contributed by atoms with E-state index >= 15 is 0 Å². The molecule has 16 nitrogen and oxygen atoms in total. The zero-order valence-electron chi connectivity index (χ0n) is 18.3. The van der Waals surface area contributed by atoms with Gasteiger partial charge in [-0.2, -0.15) is 0 Å². The summed E-state index contributed by atoms with van der Waals surface area (Å²) in [5, 5.41) is 16.4. The lowest BCUT2D eigenvalue weighted by atomic mass is 10.1. The number of hydrogen-bond acceptors (Lipinski definition) is 8. The second kappa shape index (κ2) is 14.0. The van der Waals surface area contributed by atoms with Gasteiger partial charge in [-0.3, -0.25) is 24.2 Å². The Morgan fingerprint density at radius 3 is 2.21 bits per heavy atom. The van der Waals surface area contributed by atoms with E-state index in [1.165, 1.54) is 12.5 Å². The van der Waals surface area contributed by atoms with Crippen LogP contribution in [0.5, 0.6) is 0 Å². The van der Waals surface area contributed by atoms with Gasteiger partial charge >= 0.3 is 5.97 Å². The molecule has 0 radical (unpaired) electrons. The summed E-state index contributed by atoms with van der Waals surface area (Å²) in [7, 11) is 0. The van der Waals surface area contributed by atoms with Gasteiger partial charge in [0.1, 0.15) is 18.1 Å². The molecule has 0 spiro atoms. The molecular formula is C18H30N10O6. The molecule has 0 fully saturated rings. The van der Waals surface area contributed by atoms with Crippen molar-refractivity contribution in [2.45, 2.75) is 43.8 Å².